The van der Waals surface area contributed by atoms with Gasteiger partial charge in [0.05, 0.1) is 6.04 Å². The summed E-state index contributed by atoms with van der Waals surface area (Å²) in [7, 11) is 0. The third kappa shape index (κ3) is 10.8. The van der Waals surface area contributed by atoms with Crippen LogP contribution in [0.25, 0.3) is 0 Å². The van der Waals surface area contributed by atoms with Gasteiger partial charge in [-0.15, -0.1) is 0 Å². The molecular weight excluding hydrogens is 434 g/mol. The van der Waals surface area contributed by atoms with Crippen molar-refractivity contribution in [2.45, 2.75) is 44.3 Å². The fourth-order valence-corrected chi connectivity index (χ4v) is 2.72. The molecule has 0 aromatic heterocycles. The Balaban J connectivity index is 2.67. The number of aliphatic imine (C=N–C) groups is 1. The van der Waals surface area contributed by atoms with Crippen LogP contribution in [-0.4, -0.2) is 71.1 Å². The fraction of sp³-hybridized carbons (Fsp3) is 0.450. The number of hydrogen-bond acceptors (Lipinski definition) is 7. The molecule has 0 saturated heterocycles. The smallest absolute Gasteiger partial charge is 0.322 e. The standard InChI is InChI=1S/C20H31N7O6/c1-11(26-18(32)14(21)9-12-4-6-13(28)7-5-12)17(31)27-15(3-2-8-24-20(22)23)19(33)25-10-16(29)30/h4-7,11,14-15,28H,2-3,8-10,21H2,1H3,(H,25,33)(H,26,32)(H,27,31)(H,29,30)(H4,22,23,24). The van der Waals surface area contributed by atoms with E-state index >= 15 is 0 Å². The van der Waals surface area contributed by atoms with E-state index in [1.54, 1.807) is 12.1 Å². The molecule has 0 aliphatic carbocycles. The monoisotopic (exact) mass is 465 g/mol. The Morgan fingerprint density at radius 1 is 1.03 bits per heavy atom. The van der Waals surface area contributed by atoms with Crippen molar-refractivity contribution in [3.05, 3.63) is 29.8 Å². The molecule has 0 bridgehead atoms. The molecule has 33 heavy (non-hydrogen) atoms. The molecule has 1 aromatic rings. The van der Waals surface area contributed by atoms with E-state index in [1.165, 1.54) is 19.1 Å². The molecular formula is C20H31N7O6. The van der Waals surface area contributed by atoms with E-state index in [2.05, 4.69) is 20.9 Å². The molecule has 0 saturated carbocycles. The maximum Gasteiger partial charge on any atom is 0.322 e. The minimum absolute atomic E-state index is 0.0855. The Morgan fingerprint density at radius 3 is 2.24 bits per heavy atom. The van der Waals surface area contributed by atoms with Gasteiger partial charge < -0.3 is 43.4 Å². The van der Waals surface area contributed by atoms with Crippen LogP contribution in [-0.2, 0) is 25.6 Å². The molecule has 0 radical (unpaired) electrons. The Morgan fingerprint density at radius 2 is 1.67 bits per heavy atom. The van der Waals surface area contributed by atoms with Crippen LogP contribution in [0.2, 0.25) is 0 Å². The molecule has 182 valence electrons. The van der Waals surface area contributed by atoms with Crippen LogP contribution in [0.4, 0.5) is 0 Å². The van der Waals surface area contributed by atoms with Gasteiger partial charge in [-0.25, -0.2) is 0 Å². The summed E-state index contributed by atoms with van der Waals surface area (Å²) in [5.41, 5.74) is 17.1. The highest BCUT2D eigenvalue weighted by Gasteiger charge is 2.25. The molecule has 11 N–H and O–H groups in total. The summed E-state index contributed by atoms with van der Waals surface area (Å²) in [6.45, 7) is 1.02. The van der Waals surface area contributed by atoms with E-state index in [0.29, 0.717) is 6.42 Å². The predicted molar refractivity (Wildman–Crippen MR) is 120 cm³/mol. The molecule has 3 unspecified atom stereocenters. The third-order valence-electron chi connectivity index (χ3n) is 4.47. The maximum atomic E-state index is 12.5. The van der Waals surface area contributed by atoms with Gasteiger partial charge in [-0.3, -0.25) is 24.2 Å². The van der Waals surface area contributed by atoms with Crippen molar-refractivity contribution in [3.63, 3.8) is 0 Å². The minimum Gasteiger partial charge on any atom is -0.508 e. The topological polar surface area (TPSA) is 235 Å². The van der Waals surface area contributed by atoms with Crippen molar-refractivity contribution in [3.8, 4) is 5.75 Å². The molecule has 0 heterocycles. The number of amides is 3. The van der Waals surface area contributed by atoms with Crippen LogP contribution < -0.4 is 33.2 Å². The lowest BCUT2D eigenvalue weighted by molar-refractivity contribution is -0.138. The highest BCUT2D eigenvalue weighted by molar-refractivity contribution is 5.93. The van der Waals surface area contributed by atoms with Crippen molar-refractivity contribution in [2.24, 2.45) is 22.2 Å². The first kappa shape index (κ1) is 27.2. The number of benzene rings is 1. The first-order valence-electron chi connectivity index (χ1n) is 10.2. The van der Waals surface area contributed by atoms with Crippen molar-refractivity contribution >= 4 is 29.7 Å². The van der Waals surface area contributed by atoms with E-state index in [-0.39, 0.29) is 31.1 Å². The van der Waals surface area contributed by atoms with Crippen molar-refractivity contribution in [1.82, 2.24) is 16.0 Å². The average Bonchev–Trinajstić information content (AvgIpc) is 2.75. The van der Waals surface area contributed by atoms with Crippen molar-refractivity contribution in [2.75, 3.05) is 13.1 Å². The molecule has 1 rings (SSSR count). The third-order valence-corrected chi connectivity index (χ3v) is 4.47. The fourth-order valence-electron chi connectivity index (χ4n) is 2.72. The Hall–Kier alpha value is -3.87. The average molecular weight is 466 g/mol. The molecule has 0 aliphatic rings. The maximum absolute atomic E-state index is 12.5. The SMILES string of the molecule is CC(NC(=O)C(N)Cc1ccc(O)cc1)C(=O)NC(CCCN=C(N)N)C(=O)NCC(=O)O. The quantitative estimate of drug-likeness (QED) is 0.0872. The molecule has 0 fully saturated rings. The minimum atomic E-state index is -1.24. The zero-order valence-corrected chi connectivity index (χ0v) is 18.3. The number of carbonyl (C=O) groups is 4. The molecule has 13 nitrogen and oxygen atoms in total. The predicted octanol–water partition coefficient (Wildman–Crippen LogP) is -2.49. The molecule has 0 spiro atoms. The first-order chi connectivity index (χ1) is 15.5. The van der Waals surface area contributed by atoms with Gasteiger partial charge in [0, 0.05) is 6.54 Å². The zero-order chi connectivity index (χ0) is 25.0. The van der Waals surface area contributed by atoms with Crippen LogP contribution in [0.3, 0.4) is 0 Å². The second-order valence-electron chi connectivity index (χ2n) is 7.33. The summed E-state index contributed by atoms with van der Waals surface area (Å²) in [6.07, 6.45) is 0.655. The summed E-state index contributed by atoms with van der Waals surface area (Å²) >= 11 is 0. The van der Waals surface area contributed by atoms with Gasteiger partial charge in [-0.2, -0.15) is 0 Å². The summed E-state index contributed by atoms with van der Waals surface area (Å²) in [6, 6.07) is 3.17. The van der Waals surface area contributed by atoms with E-state index in [9.17, 15) is 24.3 Å². The number of hydrogen-bond donors (Lipinski definition) is 8. The largest absolute Gasteiger partial charge is 0.508 e. The van der Waals surface area contributed by atoms with E-state index in [1.807, 2.05) is 0 Å². The van der Waals surface area contributed by atoms with Gasteiger partial charge in [-0.05, 0) is 43.9 Å². The number of aromatic hydroxyl groups is 1. The van der Waals surface area contributed by atoms with Gasteiger partial charge in [0.25, 0.3) is 0 Å². The van der Waals surface area contributed by atoms with Crippen LogP contribution in [0.1, 0.15) is 25.3 Å². The van der Waals surface area contributed by atoms with Crippen LogP contribution in [0, 0.1) is 0 Å². The molecule has 3 atom stereocenters. The van der Waals surface area contributed by atoms with Crippen LogP contribution in [0.5, 0.6) is 5.75 Å². The van der Waals surface area contributed by atoms with E-state index < -0.39 is 48.4 Å². The zero-order valence-electron chi connectivity index (χ0n) is 18.3. The number of carboxylic acids is 1. The first-order valence-corrected chi connectivity index (χ1v) is 10.2. The number of phenolic OH excluding ortho intramolecular Hbond substituents is 1. The number of guanidine groups is 1. The number of nitrogens with zero attached hydrogens (tertiary/aromatic N) is 1. The number of aliphatic carboxylic acids is 1. The summed E-state index contributed by atoms with van der Waals surface area (Å²) < 4.78 is 0. The van der Waals surface area contributed by atoms with Gasteiger partial charge in [0.2, 0.25) is 17.7 Å². The van der Waals surface area contributed by atoms with Crippen molar-refractivity contribution < 1.29 is 29.4 Å². The van der Waals surface area contributed by atoms with Gasteiger partial charge >= 0.3 is 5.97 Å². The van der Waals surface area contributed by atoms with E-state index in [4.69, 9.17) is 22.3 Å². The summed E-state index contributed by atoms with van der Waals surface area (Å²) in [5.74, 6) is -3.20. The summed E-state index contributed by atoms with van der Waals surface area (Å²) in [5, 5.41) is 25.2. The van der Waals surface area contributed by atoms with E-state index in [0.717, 1.165) is 5.56 Å². The van der Waals surface area contributed by atoms with Crippen LogP contribution >= 0.6 is 0 Å². The summed E-state index contributed by atoms with van der Waals surface area (Å²) in [4.78, 5) is 51.7. The van der Waals surface area contributed by atoms with Crippen molar-refractivity contribution in [1.29, 1.82) is 0 Å². The molecule has 1 aromatic carbocycles. The lowest BCUT2D eigenvalue weighted by atomic mass is 10.1. The van der Waals surface area contributed by atoms with Gasteiger partial charge in [0.1, 0.15) is 24.4 Å². The number of carboxylic acid groups (broad SMARTS) is 1. The highest BCUT2D eigenvalue weighted by atomic mass is 16.4. The second kappa shape index (κ2) is 13.5. The molecule has 3 amide bonds. The lowest BCUT2D eigenvalue weighted by Gasteiger charge is -2.22. The number of nitrogens with two attached hydrogens (primary N) is 3. The number of rotatable bonds is 13. The Kier molecular flexibility index (Phi) is 11.1. The molecule has 13 heteroatoms. The van der Waals surface area contributed by atoms with Crippen LogP contribution in [0.15, 0.2) is 29.3 Å². The number of carbonyl (C=O) groups excluding carboxylic acids is 3. The molecule has 0 aliphatic heterocycles. The Labute approximate surface area is 190 Å². The lowest BCUT2D eigenvalue weighted by Crippen LogP contribution is -2.55. The normalized spacial score (nSPS) is 13.2. The van der Waals surface area contributed by atoms with Gasteiger partial charge in [0.15, 0.2) is 5.96 Å². The number of nitrogens with one attached hydrogen (secondary N) is 3. The number of phenols is 1. The van der Waals surface area contributed by atoms with Gasteiger partial charge in [-0.1, -0.05) is 12.1 Å². The highest BCUT2D eigenvalue weighted by Crippen LogP contribution is 2.11. The second-order valence-corrected chi connectivity index (χ2v) is 7.33. The Bertz CT molecular complexity index is 855.